The zero-order valence-corrected chi connectivity index (χ0v) is 20.3. The van der Waals surface area contributed by atoms with Crippen LogP contribution in [0.1, 0.15) is 104 Å². The molecule has 3 fully saturated rings. The van der Waals surface area contributed by atoms with Crippen LogP contribution in [0.15, 0.2) is 35.5 Å². The number of amides is 1. The lowest BCUT2D eigenvalue weighted by molar-refractivity contribution is -0.123. The van der Waals surface area contributed by atoms with Crippen LogP contribution in [0.5, 0.6) is 0 Å². The maximum atomic E-state index is 12.1. The Kier molecular flexibility index (Phi) is 8.24. The number of unbranched alkanes of at least 4 members (excludes halogenated alkanes) is 1. The van der Waals surface area contributed by atoms with E-state index in [1.54, 1.807) is 5.57 Å². The van der Waals surface area contributed by atoms with E-state index in [1.165, 1.54) is 75.4 Å². The predicted molar refractivity (Wildman–Crippen MR) is 130 cm³/mol. The molecule has 0 bridgehead atoms. The first-order valence-electron chi connectivity index (χ1n) is 12.7. The maximum Gasteiger partial charge on any atom is 0.220 e. The lowest BCUT2D eigenvalue weighted by atomic mass is 9.62. The van der Waals surface area contributed by atoms with E-state index in [-0.39, 0.29) is 12.5 Å². The summed E-state index contributed by atoms with van der Waals surface area (Å²) in [5.41, 5.74) is 4.45. The van der Waals surface area contributed by atoms with Crippen molar-refractivity contribution < 1.29 is 9.90 Å². The standard InChI is InChI=1S/C28H45NO2/c1-21-10-5-6-11-22(21)15-16-23-12-9-19-28(4)24(17-18-25(23)28)13-7-8-14-26(31)29-27(2,3)20-30/h15-16,24-25,30H,1,5-14,17-20H2,2-4H3,(H,29,31)/b22-15-,23-16+. The van der Waals surface area contributed by atoms with Crippen LogP contribution >= 0.6 is 0 Å². The summed E-state index contributed by atoms with van der Waals surface area (Å²) < 4.78 is 0. The Bertz CT molecular complexity index is 717. The molecule has 0 aromatic carbocycles. The van der Waals surface area contributed by atoms with Crippen LogP contribution in [0.3, 0.4) is 0 Å². The molecular formula is C28H45NO2. The molecule has 2 N–H and O–H groups in total. The van der Waals surface area contributed by atoms with Gasteiger partial charge in [0.2, 0.25) is 5.91 Å². The molecule has 3 saturated carbocycles. The highest BCUT2D eigenvalue weighted by molar-refractivity contribution is 5.76. The van der Waals surface area contributed by atoms with E-state index in [2.05, 4.69) is 31.0 Å². The first-order chi connectivity index (χ1) is 14.7. The van der Waals surface area contributed by atoms with Gasteiger partial charge >= 0.3 is 0 Å². The summed E-state index contributed by atoms with van der Waals surface area (Å²) in [5, 5.41) is 12.2. The fraction of sp³-hybridized carbons (Fsp3) is 0.750. The molecule has 174 valence electrons. The third-order valence-electron chi connectivity index (χ3n) is 8.37. The second-order valence-corrected chi connectivity index (χ2v) is 11.3. The monoisotopic (exact) mass is 427 g/mol. The van der Waals surface area contributed by atoms with Crippen molar-refractivity contribution in [2.75, 3.05) is 6.61 Å². The van der Waals surface area contributed by atoms with Gasteiger partial charge in [-0.25, -0.2) is 0 Å². The average Bonchev–Trinajstić information content (AvgIpc) is 3.07. The quantitative estimate of drug-likeness (QED) is 0.427. The molecule has 0 saturated heterocycles. The highest BCUT2D eigenvalue weighted by atomic mass is 16.3. The van der Waals surface area contributed by atoms with Gasteiger partial charge in [0.1, 0.15) is 0 Å². The second kappa shape index (κ2) is 10.5. The van der Waals surface area contributed by atoms with Gasteiger partial charge in [-0.05, 0) is 107 Å². The number of allylic oxidation sites excluding steroid dienone is 5. The third kappa shape index (κ3) is 6.12. The van der Waals surface area contributed by atoms with Crippen LogP contribution in [-0.4, -0.2) is 23.2 Å². The molecule has 3 nitrogen and oxygen atoms in total. The van der Waals surface area contributed by atoms with Gasteiger partial charge in [0.25, 0.3) is 0 Å². The van der Waals surface area contributed by atoms with E-state index in [1.807, 2.05) is 13.8 Å². The highest BCUT2D eigenvalue weighted by Gasteiger charge is 2.48. The SMILES string of the molecule is C=C1CCCC/C1=C/C=C1\CCCC2(C)C(CCCCC(=O)NC(C)(C)CO)CCC12. The minimum Gasteiger partial charge on any atom is -0.394 e. The summed E-state index contributed by atoms with van der Waals surface area (Å²) in [6.45, 7) is 10.5. The number of aliphatic hydroxyl groups is 1. The zero-order chi connectivity index (χ0) is 22.5. The Morgan fingerprint density at radius 1 is 1.16 bits per heavy atom. The molecule has 3 aliphatic rings. The highest BCUT2D eigenvalue weighted by Crippen LogP contribution is 2.58. The van der Waals surface area contributed by atoms with Crippen molar-refractivity contribution >= 4 is 5.91 Å². The molecule has 0 aliphatic heterocycles. The Balaban J connectivity index is 1.52. The van der Waals surface area contributed by atoms with Gasteiger partial charge in [0.05, 0.1) is 12.1 Å². The Labute approximate surface area is 190 Å². The van der Waals surface area contributed by atoms with E-state index in [4.69, 9.17) is 0 Å². The smallest absolute Gasteiger partial charge is 0.220 e. The van der Waals surface area contributed by atoms with Crippen molar-refractivity contribution in [2.45, 2.75) is 110 Å². The number of rotatable bonds is 8. The average molecular weight is 428 g/mol. The van der Waals surface area contributed by atoms with Gasteiger partial charge in [-0.2, -0.15) is 0 Å². The number of carbonyl (C=O) groups excluding carboxylic acids is 1. The van der Waals surface area contributed by atoms with Gasteiger partial charge in [0.15, 0.2) is 0 Å². The first-order valence-corrected chi connectivity index (χ1v) is 12.7. The molecule has 3 aliphatic carbocycles. The molecule has 3 heteroatoms. The second-order valence-electron chi connectivity index (χ2n) is 11.3. The van der Waals surface area contributed by atoms with Crippen LogP contribution in [0.4, 0.5) is 0 Å². The van der Waals surface area contributed by atoms with Crippen molar-refractivity contribution in [1.82, 2.24) is 5.32 Å². The van der Waals surface area contributed by atoms with E-state index in [0.717, 1.165) is 24.7 Å². The maximum absolute atomic E-state index is 12.1. The first kappa shape index (κ1) is 24.3. The van der Waals surface area contributed by atoms with Crippen molar-refractivity contribution in [3.63, 3.8) is 0 Å². The Hall–Kier alpha value is -1.35. The largest absolute Gasteiger partial charge is 0.394 e. The van der Waals surface area contributed by atoms with Crippen molar-refractivity contribution in [2.24, 2.45) is 17.3 Å². The molecule has 31 heavy (non-hydrogen) atoms. The number of hydrogen-bond donors (Lipinski definition) is 2. The molecule has 0 heterocycles. The fourth-order valence-corrected chi connectivity index (χ4v) is 6.38. The minimum absolute atomic E-state index is 0.0266. The fourth-order valence-electron chi connectivity index (χ4n) is 6.38. The van der Waals surface area contributed by atoms with Gasteiger partial charge in [-0.1, -0.05) is 43.2 Å². The van der Waals surface area contributed by atoms with Crippen LogP contribution in [0.2, 0.25) is 0 Å². The molecule has 0 aromatic rings. The van der Waals surface area contributed by atoms with Crippen LogP contribution < -0.4 is 5.32 Å². The topological polar surface area (TPSA) is 49.3 Å². The van der Waals surface area contributed by atoms with Crippen molar-refractivity contribution in [3.05, 3.63) is 35.5 Å². The van der Waals surface area contributed by atoms with Gasteiger partial charge < -0.3 is 10.4 Å². The summed E-state index contributed by atoms with van der Waals surface area (Å²) in [6.07, 6.45) is 20.4. The molecule has 3 atom stereocenters. The van der Waals surface area contributed by atoms with Gasteiger partial charge in [-0.15, -0.1) is 0 Å². The van der Waals surface area contributed by atoms with Crippen LogP contribution in [0.25, 0.3) is 0 Å². The molecule has 3 unspecified atom stereocenters. The normalized spacial score (nSPS) is 31.8. The third-order valence-corrected chi connectivity index (χ3v) is 8.37. The summed E-state index contributed by atoms with van der Waals surface area (Å²) in [6, 6.07) is 0. The molecule has 3 rings (SSSR count). The number of fused-ring (bicyclic) bond motifs is 1. The lowest BCUT2D eigenvalue weighted by Gasteiger charge is -2.42. The van der Waals surface area contributed by atoms with E-state index in [9.17, 15) is 9.90 Å². The van der Waals surface area contributed by atoms with E-state index >= 15 is 0 Å². The lowest BCUT2D eigenvalue weighted by Crippen LogP contribution is -2.46. The summed E-state index contributed by atoms with van der Waals surface area (Å²) >= 11 is 0. The van der Waals surface area contributed by atoms with E-state index < -0.39 is 5.54 Å². The van der Waals surface area contributed by atoms with Crippen LogP contribution in [-0.2, 0) is 4.79 Å². The number of aliphatic hydroxyl groups excluding tert-OH is 1. The number of carbonyl (C=O) groups is 1. The number of hydrogen-bond acceptors (Lipinski definition) is 2. The zero-order valence-electron chi connectivity index (χ0n) is 20.3. The molecule has 0 radical (unpaired) electrons. The van der Waals surface area contributed by atoms with Gasteiger partial charge in [-0.3, -0.25) is 4.79 Å². The van der Waals surface area contributed by atoms with Crippen LogP contribution in [0, 0.1) is 17.3 Å². The molecule has 0 aromatic heterocycles. The number of nitrogens with one attached hydrogen (secondary N) is 1. The molecular weight excluding hydrogens is 382 g/mol. The summed E-state index contributed by atoms with van der Waals surface area (Å²) in [7, 11) is 0. The van der Waals surface area contributed by atoms with Crippen molar-refractivity contribution in [1.29, 1.82) is 0 Å². The molecule has 0 spiro atoms. The van der Waals surface area contributed by atoms with Gasteiger partial charge in [0, 0.05) is 6.42 Å². The summed E-state index contributed by atoms with van der Waals surface area (Å²) in [5.74, 6) is 1.60. The summed E-state index contributed by atoms with van der Waals surface area (Å²) in [4.78, 5) is 12.1. The Morgan fingerprint density at radius 3 is 2.68 bits per heavy atom. The van der Waals surface area contributed by atoms with Crippen molar-refractivity contribution in [3.8, 4) is 0 Å². The predicted octanol–water partition coefficient (Wildman–Crippen LogP) is 6.63. The Morgan fingerprint density at radius 2 is 1.94 bits per heavy atom. The minimum atomic E-state index is -0.520. The van der Waals surface area contributed by atoms with E-state index in [0.29, 0.717) is 11.8 Å². The molecule has 1 amide bonds.